The Hall–Kier alpha value is -2.76. The van der Waals surface area contributed by atoms with Crippen LogP contribution in [0.4, 0.5) is 14.5 Å². The largest absolute Gasteiger partial charge is 0.481 e. The van der Waals surface area contributed by atoms with Crippen molar-refractivity contribution < 1.29 is 23.5 Å². The molecule has 1 fully saturated rings. The Morgan fingerprint density at radius 1 is 1.04 bits per heavy atom. The maximum atomic E-state index is 14.3. The molecule has 0 aliphatic heterocycles. The average molecular weight is 359 g/mol. The number of halogens is 2. The molecule has 0 saturated heterocycles. The summed E-state index contributed by atoms with van der Waals surface area (Å²) >= 11 is 0. The Kier molecular flexibility index (Phi) is 5.02. The maximum absolute atomic E-state index is 14.3. The molecule has 0 bridgehead atoms. The maximum Gasteiger partial charge on any atom is 0.307 e. The molecule has 1 amide bonds. The highest BCUT2D eigenvalue weighted by atomic mass is 19.1. The molecule has 2 N–H and O–H groups in total. The quantitative estimate of drug-likeness (QED) is 0.847. The van der Waals surface area contributed by atoms with Gasteiger partial charge in [0.25, 0.3) is 0 Å². The average Bonchev–Trinajstić information content (AvgIpc) is 3.08. The smallest absolute Gasteiger partial charge is 0.307 e. The molecule has 4 nitrogen and oxygen atoms in total. The molecule has 0 radical (unpaired) electrons. The highest BCUT2D eigenvalue weighted by molar-refractivity contribution is 5.99. The predicted molar refractivity (Wildman–Crippen MR) is 92.9 cm³/mol. The minimum atomic E-state index is -1.13. The molecule has 26 heavy (non-hydrogen) atoms. The molecule has 0 heterocycles. The van der Waals surface area contributed by atoms with Gasteiger partial charge in [0.05, 0.1) is 11.8 Å². The number of rotatable bonds is 5. The van der Waals surface area contributed by atoms with Crippen LogP contribution in [0.3, 0.4) is 0 Å². The first-order valence-corrected chi connectivity index (χ1v) is 8.49. The zero-order chi connectivity index (χ0) is 18.7. The summed E-state index contributed by atoms with van der Waals surface area (Å²) in [4.78, 5) is 23.7. The van der Waals surface area contributed by atoms with Gasteiger partial charge in [-0.25, -0.2) is 8.78 Å². The summed E-state index contributed by atoms with van der Waals surface area (Å²) in [5, 5.41) is 11.4. The van der Waals surface area contributed by atoms with Crippen LogP contribution in [0.15, 0.2) is 42.5 Å². The zero-order valence-electron chi connectivity index (χ0n) is 14.1. The van der Waals surface area contributed by atoms with E-state index in [4.69, 9.17) is 5.11 Å². The van der Waals surface area contributed by atoms with Crippen molar-refractivity contribution in [3.8, 4) is 0 Å². The Balaban J connectivity index is 1.87. The lowest BCUT2D eigenvalue weighted by Crippen LogP contribution is -2.38. The summed E-state index contributed by atoms with van der Waals surface area (Å²) < 4.78 is 28.4. The molecule has 0 unspecified atom stereocenters. The fourth-order valence-electron chi connectivity index (χ4n) is 3.63. The van der Waals surface area contributed by atoms with Gasteiger partial charge in [-0.15, -0.1) is 0 Å². The number of carboxylic acids is 1. The normalized spacial score (nSPS) is 15.6. The van der Waals surface area contributed by atoms with E-state index in [0.717, 1.165) is 18.9 Å². The number of amides is 1. The Morgan fingerprint density at radius 3 is 2.35 bits per heavy atom. The lowest BCUT2D eigenvalue weighted by Gasteiger charge is -2.28. The van der Waals surface area contributed by atoms with Crippen molar-refractivity contribution in [3.05, 3.63) is 65.2 Å². The predicted octanol–water partition coefficient (Wildman–Crippen LogP) is 4.04. The molecule has 2 aromatic rings. The molecular weight excluding hydrogens is 340 g/mol. The van der Waals surface area contributed by atoms with Crippen LogP contribution in [-0.4, -0.2) is 17.0 Å². The fraction of sp³-hybridized carbons (Fsp3) is 0.300. The van der Waals surface area contributed by atoms with E-state index in [9.17, 15) is 18.4 Å². The van der Waals surface area contributed by atoms with Crippen molar-refractivity contribution in [3.63, 3.8) is 0 Å². The minimum Gasteiger partial charge on any atom is -0.481 e. The first-order chi connectivity index (χ1) is 12.4. The SMILES string of the molecule is O=C(O)Cc1ccc(NC(=O)C2(c3ccccc3F)CCCC2)cc1F. The second-order valence-corrected chi connectivity index (χ2v) is 6.60. The molecule has 136 valence electrons. The second-order valence-electron chi connectivity index (χ2n) is 6.60. The summed E-state index contributed by atoms with van der Waals surface area (Å²) in [5.41, 5.74) is -0.343. The third-order valence-electron chi connectivity index (χ3n) is 4.93. The summed E-state index contributed by atoms with van der Waals surface area (Å²) in [6.45, 7) is 0. The number of anilines is 1. The van der Waals surface area contributed by atoms with Crippen molar-refractivity contribution in [2.24, 2.45) is 0 Å². The van der Waals surface area contributed by atoms with E-state index < -0.39 is 29.4 Å². The minimum absolute atomic E-state index is 0.0418. The van der Waals surface area contributed by atoms with Crippen LogP contribution in [0.1, 0.15) is 36.8 Å². The van der Waals surface area contributed by atoms with E-state index >= 15 is 0 Å². The van der Waals surface area contributed by atoms with Crippen LogP contribution in [0, 0.1) is 11.6 Å². The molecule has 2 aromatic carbocycles. The van der Waals surface area contributed by atoms with Crippen LogP contribution in [-0.2, 0) is 21.4 Å². The monoisotopic (exact) mass is 359 g/mol. The van der Waals surface area contributed by atoms with Crippen LogP contribution in [0.5, 0.6) is 0 Å². The van der Waals surface area contributed by atoms with Crippen molar-refractivity contribution in [1.82, 2.24) is 0 Å². The van der Waals surface area contributed by atoms with Gasteiger partial charge in [-0.3, -0.25) is 9.59 Å². The molecule has 1 saturated carbocycles. The first kappa shape index (κ1) is 18.0. The number of hydrogen-bond donors (Lipinski definition) is 2. The lowest BCUT2D eigenvalue weighted by molar-refractivity contribution is -0.136. The van der Waals surface area contributed by atoms with Crippen molar-refractivity contribution in [2.45, 2.75) is 37.5 Å². The Morgan fingerprint density at radius 2 is 1.73 bits per heavy atom. The van der Waals surface area contributed by atoms with Gasteiger partial charge in [-0.2, -0.15) is 0 Å². The number of carboxylic acid groups (broad SMARTS) is 1. The third kappa shape index (κ3) is 3.45. The van der Waals surface area contributed by atoms with Crippen molar-refractivity contribution in [2.75, 3.05) is 5.32 Å². The topological polar surface area (TPSA) is 66.4 Å². The fourth-order valence-corrected chi connectivity index (χ4v) is 3.63. The molecule has 6 heteroatoms. The summed E-state index contributed by atoms with van der Waals surface area (Å²) in [5.74, 6) is -2.63. The lowest BCUT2D eigenvalue weighted by atomic mass is 9.77. The van der Waals surface area contributed by atoms with E-state index in [1.807, 2.05) is 0 Å². The van der Waals surface area contributed by atoms with Crippen molar-refractivity contribution in [1.29, 1.82) is 0 Å². The Labute approximate surface area is 149 Å². The molecule has 3 rings (SSSR count). The number of aliphatic carboxylic acids is 1. The summed E-state index contributed by atoms with van der Waals surface area (Å²) in [6.07, 6.45) is 2.25. The summed E-state index contributed by atoms with van der Waals surface area (Å²) in [6, 6.07) is 10.1. The van der Waals surface area contributed by atoms with Gasteiger partial charge in [0.1, 0.15) is 11.6 Å². The Bertz CT molecular complexity index is 845. The molecule has 0 atom stereocenters. The molecule has 0 aromatic heterocycles. The van der Waals surface area contributed by atoms with Gasteiger partial charge in [0.15, 0.2) is 0 Å². The standard InChI is InChI=1S/C20H19F2NO3/c21-16-6-2-1-5-15(16)20(9-3-4-10-20)19(26)23-14-8-7-13(11-18(24)25)17(22)12-14/h1-2,5-8,12H,3-4,9-11H2,(H,23,26)(H,24,25). The van der Waals surface area contributed by atoms with Crippen LogP contribution >= 0.6 is 0 Å². The van der Waals surface area contributed by atoms with E-state index in [0.29, 0.717) is 18.4 Å². The van der Waals surface area contributed by atoms with E-state index in [1.165, 1.54) is 18.2 Å². The van der Waals surface area contributed by atoms with Gasteiger partial charge in [-0.1, -0.05) is 37.1 Å². The van der Waals surface area contributed by atoms with Gasteiger partial charge in [0.2, 0.25) is 5.91 Å². The van der Waals surface area contributed by atoms with E-state index in [2.05, 4.69) is 5.32 Å². The highest BCUT2D eigenvalue weighted by Crippen LogP contribution is 2.43. The van der Waals surface area contributed by atoms with Gasteiger partial charge in [-0.05, 0) is 36.6 Å². The molecule has 1 aliphatic carbocycles. The van der Waals surface area contributed by atoms with Gasteiger partial charge >= 0.3 is 5.97 Å². The molecule has 0 spiro atoms. The highest BCUT2D eigenvalue weighted by Gasteiger charge is 2.44. The molecule has 1 aliphatic rings. The summed E-state index contributed by atoms with van der Waals surface area (Å²) in [7, 11) is 0. The van der Waals surface area contributed by atoms with Crippen LogP contribution in [0.2, 0.25) is 0 Å². The third-order valence-corrected chi connectivity index (χ3v) is 4.93. The number of nitrogens with one attached hydrogen (secondary N) is 1. The first-order valence-electron chi connectivity index (χ1n) is 8.49. The second kappa shape index (κ2) is 7.23. The van der Waals surface area contributed by atoms with Crippen molar-refractivity contribution >= 4 is 17.6 Å². The molecular formula is C20H19F2NO3. The van der Waals surface area contributed by atoms with Gasteiger partial charge < -0.3 is 10.4 Å². The van der Waals surface area contributed by atoms with E-state index in [-0.39, 0.29) is 17.2 Å². The van der Waals surface area contributed by atoms with E-state index in [1.54, 1.807) is 18.2 Å². The van der Waals surface area contributed by atoms with Crippen LogP contribution in [0.25, 0.3) is 0 Å². The number of benzene rings is 2. The van der Waals surface area contributed by atoms with Gasteiger partial charge in [0, 0.05) is 11.3 Å². The zero-order valence-corrected chi connectivity index (χ0v) is 14.1. The number of carbonyl (C=O) groups excluding carboxylic acids is 1. The number of carbonyl (C=O) groups is 2. The number of hydrogen-bond acceptors (Lipinski definition) is 2. The van der Waals surface area contributed by atoms with Crippen LogP contribution < -0.4 is 5.32 Å².